The summed E-state index contributed by atoms with van der Waals surface area (Å²) in [5.74, 6) is -0.865. The molecule has 0 spiro atoms. The van der Waals surface area contributed by atoms with Crippen LogP contribution in [0.25, 0.3) is 0 Å². The van der Waals surface area contributed by atoms with Crippen LogP contribution < -0.4 is 5.73 Å². The zero-order chi connectivity index (χ0) is 13.1. The van der Waals surface area contributed by atoms with Crippen molar-refractivity contribution in [3.8, 4) is 0 Å². The van der Waals surface area contributed by atoms with Crippen molar-refractivity contribution in [2.75, 3.05) is 0 Å². The molecule has 0 saturated heterocycles. The Hall–Kier alpha value is -1.06. The first-order valence-electron chi connectivity index (χ1n) is 5.64. The van der Waals surface area contributed by atoms with Gasteiger partial charge in [0.2, 0.25) is 0 Å². The van der Waals surface area contributed by atoms with Crippen LogP contribution in [0.3, 0.4) is 0 Å². The first-order valence-corrected chi connectivity index (χ1v) is 6.02. The Balaban J connectivity index is 3.23. The highest BCUT2D eigenvalue weighted by Crippen LogP contribution is 2.36. The van der Waals surface area contributed by atoms with Gasteiger partial charge in [-0.15, -0.1) is 0 Å². The lowest BCUT2D eigenvalue weighted by Gasteiger charge is -2.35. The number of halogens is 1. The predicted octanol–water partition coefficient (Wildman–Crippen LogP) is 2.81. The minimum atomic E-state index is -0.865. The number of hydrogen-bond donors (Lipinski definition) is 2. The minimum Gasteiger partial charge on any atom is -0.481 e. The summed E-state index contributed by atoms with van der Waals surface area (Å²) in [7, 11) is 0. The average Bonchev–Trinajstić information content (AvgIpc) is 2.27. The molecule has 0 radical (unpaired) electrons. The van der Waals surface area contributed by atoms with E-state index in [-0.39, 0.29) is 12.5 Å². The van der Waals surface area contributed by atoms with Gasteiger partial charge in [0.15, 0.2) is 0 Å². The molecule has 0 aromatic heterocycles. The Morgan fingerprint density at radius 2 is 2.12 bits per heavy atom. The monoisotopic (exact) mass is 255 g/mol. The predicted molar refractivity (Wildman–Crippen MR) is 69.3 cm³/mol. The highest BCUT2D eigenvalue weighted by atomic mass is 35.5. The van der Waals surface area contributed by atoms with Crippen molar-refractivity contribution in [3.05, 3.63) is 34.9 Å². The highest BCUT2D eigenvalue weighted by Gasteiger charge is 2.36. The van der Waals surface area contributed by atoms with E-state index in [0.717, 1.165) is 5.56 Å². The normalized spacial score (nSPS) is 16.2. The van der Waals surface area contributed by atoms with E-state index in [9.17, 15) is 4.79 Å². The van der Waals surface area contributed by atoms with Crippen molar-refractivity contribution in [1.29, 1.82) is 0 Å². The van der Waals surface area contributed by atoms with Crippen molar-refractivity contribution >= 4 is 17.6 Å². The lowest BCUT2D eigenvalue weighted by molar-refractivity contribution is -0.138. The maximum atomic E-state index is 11.0. The van der Waals surface area contributed by atoms with Gasteiger partial charge in [-0.05, 0) is 18.1 Å². The van der Waals surface area contributed by atoms with Gasteiger partial charge in [0, 0.05) is 16.5 Å². The van der Waals surface area contributed by atoms with E-state index in [4.69, 9.17) is 22.4 Å². The summed E-state index contributed by atoms with van der Waals surface area (Å²) in [5.41, 5.74) is 6.24. The molecule has 0 aliphatic heterocycles. The summed E-state index contributed by atoms with van der Waals surface area (Å²) in [4.78, 5) is 11.0. The Morgan fingerprint density at radius 3 is 2.59 bits per heavy atom. The van der Waals surface area contributed by atoms with Gasteiger partial charge in [-0.2, -0.15) is 0 Å². The summed E-state index contributed by atoms with van der Waals surface area (Å²) >= 11 is 6.14. The summed E-state index contributed by atoms with van der Waals surface area (Å²) in [6.07, 6.45) is 0.681. The van der Waals surface area contributed by atoms with Gasteiger partial charge in [0.1, 0.15) is 0 Å². The first kappa shape index (κ1) is 14.0. The Kier molecular flexibility index (Phi) is 4.54. The van der Waals surface area contributed by atoms with E-state index in [2.05, 4.69) is 0 Å². The summed E-state index contributed by atoms with van der Waals surface area (Å²) < 4.78 is 0. The van der Waals surface area contributed by atoms with Crippen LogP contribution in [-0.4, -0.2) is 17.1 Å². The lowest BCUT2D eigenvalue weighted by atomic mass is 9.72. The zero-order valence-electron chi connectivity index (χ0n) is 10.1. The van der Waals surface area contributed by atoms with Crippen molar-refractivity contribution in [2.45, 2.75) is 38.1 Å². The van der Waals surface area contributed by atoms with Crippen LogP contribution in [0.4, 0.5) is 0 Å². The third-order valence-electron chi connectivity index (χ3n) is 3.27. The van der Waals surface area contributed by atoms with Crippen LogP contribution in [-0.2, 0) is 10.2 Å². The second kappa shape index (κ2) is 5.52. The molecule has 1 aromatic carbocycles. The van der Waals surface area contributed by atoms with Crippen LogP contribution in [0.5, 0.6) is 0 Å². The van der Waals surface area contributed by atoms with Crippen LogP contribution in [0.2, 0.25) is 5.02 Å². The van der Waals surface area contributed by atoms with Gasteiger partial charge >= 0.3 is 5.97 Å². The summed E-state index contributed by atoms with van der Waals surface area (Å²) in [5, 5.41) is 9.62. The Morgan fingerprint density at radius 1 is 1.53 bits per heavy atom. The molecule has 0 bridgehead atoms. The van der Waals surface area contributed by atoms with E-state index in [1.165, 1.54) is 0 Å². The lowest BCUT2D eigenvalue weighted by Crippen LogP contribution is -2.44. The molecule has 2 atom stereocenters. The summed E-state index contributed by atoms with van der Waals surface area (Å²) in [6, 6.07) is 7.05. The molecule has 0 amide bonds. The van der Waals surface area contributed by atoms with Gasteiger partial charge in [0.05, 0.1) is 6.42 Å². The van der Waals surface area contributed by atoms with E-state index < -0.39 is 11.4 Å². The number of aliphatic carboxylic acids is 1. The number of nitrogens with two attached hydrogens (primary N) is 1. The third kappa shape index (κ3) is 2.99. The fraction of sp³-hybridized carbons (Fsp3) is 0.462. The fourth-order valence-electron chi connectivity index (χ4n) is 2.12. The largest absolute Gasteiger partial charge is 0.481 e. The molecule has 1 rings (SSSR count). The van der Waals surface area contributed by atoms with Gasteiger partial charge in [-0.3, -0.25) is 4.79 Å². The molecular weight excluding hydrogens is 238 g/mol. The third-order valence-corrected chi connectivity index (χ3v) is 3.60. The van der Waals surface area contributed by atoms with Crippen molar-refractivity contribution in [3.63, 3.8) is 0 Å². The Bertz CT molecular complexity index is 408. The average molecular weight is 256 g/mol. The van der Waals surface area contributed by atoms with E-state index >= 15 is 0 Å². The maximum Gasteiger partial charge on any atom is 0.304 e. The molecule has 1 aromatic rings. The quantitative estimate of drug-likeness (QED) is 0.850. The molecule has 3 N–H and O–H groups in total. The molecular formula is C13H18ClNO2. The number of hydrogen-bond acceptors (Lipinski definition) is 2. The molecule has 0 aliphatic carbocycles. The molecule has 3 nitrogen and oxygen atoms in total. The molecule has 0 fully saturated rings. The Labute approximate surface area is 107 Å². The van der Waals surface area contributed by atoms with Gasteiger partial charge in [-0.25, -0.2) is 0 Å². The zero-order valence-corrected chi connectivity index (χ0v) is 10.9. The second-order valence-electron chi connectivity index (χ2n) is 4.48. The number of carboxylic acid groups (broad SMARTS) is 1. The minimum absolute atomic E-state index is 0.0221. The van der Waals surface area contributed by atoms with Gasteiger partial charge in [0.25, 0.3) is 0 Å². The van der Waals surface area contributed by atoms with Gasteiger partial charge in [-0.1, -0.05) is 43.6 Å². The topological polar surface area (TPSA) is 63.3 Å². The van der Waals surface area contributed by atoms with E-state index in [0.29, 0.717) is 11.4 Å². The van der Waals surface area contributed by atoms with Crippen molar-refractivity contribution in [2.24, 2.45) is 5.73 Å². The standard InChI is InChI=1S/C13H18ClNO2/c1-3-11(15)13(2,8-12(16)17)9-6-4-5-7-10(9)14/h4-7,11H,3,8,15H2,1-2H3,(H,16,17). The molecule has 17 heavy (non-hydrogen) atoms. The fourth-order valence-corrected chi connectivity index (χ4v) is 2.47. The van der Waals surface area contributed by atoms with Crippen LogP contribution >= 0.6 is 11.6 Å². The molecule has 0 aliphatic rings. The van der Waals surface area contributed by atoms with Crippen LogP contribution in [0.1, 0.15) is 32.3 Å². The summed E-state index contributed by atoms with van der Waals surface area (Å²) in [6.45, 7) is 3.80. The molecule has 0 heterocycles. The molecule has 4 heteroatoms. The second-order valence-corrected chi connectivity index (χ2v) is 4.89. The first-order chi connectivity index (χ1) is 7.91. The maximum absolute atomic E-state index is 11.0. The smallest absolute Gasteiger partial charge is 0.304 e. The number of carbonyl (C=O) groups is 1. The highest BCUT2D eigenvalue weighted by molar-refractivity contribution is 6.31. The van der Waals surface area contributed by atoms with Crippen LogP contribution in [0, 0.1) is 0 Å². The van der Waals surface area contributed by atoms with E-state index in [1.807, 2.05) is 32.0 Å². The van der Waals surface area contributed by atoms with E-state index in [1.54, 1.807) is 6.07 Å². The van der Waals surface area contributed by atoms with Gasteiger partial charge < -0.3 is 10.8 Å². The number of carboxylic acids is 1. The SMILES string of the molecule is CCC(N)C(C)(CC(=O)O)c1ccccc1Cl. The molecule has 0 saturated carbocycles. The van der Waals surface area contributed by atoms with Crippen LogP contribution in [0.15, 0.2) is 24.3 Å². The number of benzene rings is 1. The molecule has 2 unspecified atom stereocenters. The number of rotatable bonds is 5. The van der Waals surface area contributed by atoms with Crippen molar-refractivity contribution in [1.82, 2.24) is 0 Å². The van der Waals surface area contributed by atoms with Crippen molar-refractivity contribution < 1.29 is 9.90 Å². The molecule has 94 valence electrons.